The summed E-state index contributed by atoms with van der Waals surface area (Å²) in [4.78, 5) is 0. The van der Waals surface area contributed by atoms with Gasteiger partial charge in [0.05, 0.1) is 16.8 Å². The number of hydrogen-bond donors (Lipinski definition) is 1. The number of benzene rings is 1. The Morgan fingerprint density at radius 3 is 2.69 bits per heavy atom. The Hall–Kier alpha value is -0.450. The third-order valence-electron chi connectivity index (χ3n) is 1.86. The molecule has 0 spiro atoms. The monoisotopic (exact) mass is 307 g/mol. The second-order valence-corrected chi connectivity index (χ2v) is 4.56. The van der Waals surface area contributed by atoms with E-state index >= 15 is 0 Å². The van der Waals surface area contributed by atoms with Crippen molar-refractivity contribution in [1.29, 1.82) is 0 Å². The van der Waals surface area contributed by atoms with Gasteiger partial charge in [-0.2, -0.15) is 0 Å². The molecule has 0 bridgehead atoms. The van der Waals surface area contributed by atoms with Gasteiger partial charge in [0.2, 0.25) is 0 Å². The van der Waals surface area contributed by atoms with E-state index in [0.29, 0.717) is 29.7 Å². The summed E-state index contributed by atoms with van der Waals surface area (Å²) in [5.41, 5.74) is 6.31. The van der Waals surface area contributed by atoms with Gasteiger partial charge in [0.15, 0.2) is 5.75 Å². The van der Waals surface area contributed by atoms with Crippen LogP contribution in [0.15, 0.2) is 16.6 Å². The van der Waals surface area contributed by atoms with Crippen LogP contribution in [0.25, 0.3) is 0 Å². The largest absolute Gasteiger partial charge is 0.488 e. The minimum absolute atomic E-state index is 0.477. The highest BCUT2D eigenvalue weighted by Gasteiger charge is 2.07. The van der Waals surface area contributed by atoms with E-state index < -0.39 is 0 Å². The summed E-state index contributed by atoms with van der Waals surface area (Å²) in [5, 5.41) is 0.582. The summed E-state index contributed by atoms with van der Waals surface area (Å²) in [7, 11) is 0. The zero-order valence-electron chi connectivity index (χ0n) is 9.13. The van der Waals surface area contributed by atoms with Crippen LogP contribution in [0.2, 0.25) is 5.02 Å². The zero-order chi connectivity index (χ0) is 12.0. The molecule has 0 unspecified atom stereocenters. The Morgan fingerprint density at radius 1 is 1.31 bits per heavy atom. The maximum Gasteiger partial charge on any atom is 0.156 e. The number of rotatable bonds is 6. The third-order valence-corrected chi connectivity index (χ3v) is 2.67. The van der Waals surface area contributed by atoms with Crippen molar-refractivity contribution in [3.8, 4) is 5.75 Å². The lowest BCUT2D eigenvalue weighted by atomic mass is 10.3. The van der Waals surface area contributed by atoms with Gasteiger partial charge < -0.3 is 15.2 Å². The highest BCUT2D eigenvalue weighted by atomic mass is 79.9. The van der Waals surface area contributed by atoms with Crippen LogP contribution in [0.4, 0.5) is 5.69 Å². The second-order valence-electron chi connectivity index (χ2n) is 3.27. The van der Waals surface area contributed by atoms with Gasteiger partial charge in [-0.1, -0.05) is 18.5 Å². The summed E-state index contributed by atoms with van der Waals surface area (Å²) in [6, 6.07) is 3.41. The standard InChI is InChI=1S/C11H15BrClNO2/c1-2-3-15-4-5-16-11-9(12)6-8(13)7-10(11)14/h6-7H,2-5,14H2,1H3. The van der Waals surface area contributed by atoms with Crippen molar-refractivity contribution in [1.82, 2.24) is 0 Å². The molecule has 0 amide bonds. The molecule has 1 aromatic carbocycles. The molecule has 0 fully saturated rings. The molecule has 0 atom stereocenters. The van der Waals surface area contributed by atoms with Gasteiger partial charge in [0, 0.05) is 11.6 Å². The predicted molar refractivity (Wildman–Crippen MR) is 70.2 cm³/mol. The van der Waals surface area contributed by atoms with Gasteiger partial charge in [0.25, 0.3) is 0 Å². The van der Waals surface area contributed by atoms with Crippen molar-refractivity contribution in [3.63, 3.8) is 0 Å². The minimum Gasteiger partial charge on any atom is -0.488 e. The van der Waals surface area contributed by atoms with Crippen LogP contribution in [0, 0.1) is 0 Å². The third kappa shape index (κ3) is 4.20. The van der Waals surface area contributed by atoms with E-state index in [2.05, 4.69) is 22.9 Å². The van der Waals surface area contributed by atoms with Crippen LogP contribution in [0.5, 0.6) is 5.75 Å². The van der Waals surface area contributed by atoms with Crippen LogP contribution in [0.3, 0.4) is 0 Å². The predicted octanol–water partition coefficient (Wildman–Crippen LogP) is 3.49. The Balaban J connectivity index is 2.47. The van der Waals surface area contributed by atoms with E-state index in [1.807, 2.05) is 0 Å². The highest BCUT2D eigenvalue weighted by molar-refractivity contribution is 9.10. The topological polar surface area (TPSA) is 44.5 Å². The van der Waals surface area contributed by atoms with E-state index in [4.69, 9.17) is 26.8 Å². The average molecular weight is 309 g/mol. The van der Waals surface area contributed by atoms with E-state index in [1.54, 1.807) is 12.1 Å². The first-order valence-electron chi connectivity index (χ1n) is 5.10. The number of nitrogen functional groups attached to an aromatic ring is 1. The molecule has 0 saturated carbocycles. The molecule has 3 nitrogen and oxygen atoms in total. The molecule has 0 aliphatic rings. The molecule has 5 heteroatoms. The van der Waals surface area contributed by atoms with Crippen molar-refractivity contribution in [2.45, 2.75) is 13.3 Å². The highest BCUT2D eigenvalue weighted by Crippen LogP contribution is 2.34. The lowest BCUT2D eigenvalue weighted by Crippen LogP contribution is -2.08. The van der Waals surface area contributed by atoms with Gasteiger partial charge in [-0.3, -0.25) is 0 Å². The molecule has 0 aromatic heterocycles. The van der Waals surface area contributed by atoms with Gasteiger partial charge >= 0.3 is 0 Å². The smallest absolute Gasteiger partial charge is 0.156 e. The molecule has 0 radical (unpaired) electrons. The molecule has 90 valence electrons. The van der Waals surface area contributed by atoms with Gasteiger partial charge in [-0.25, -0.2) is 0 Å². The SMILES string of the molecule is CCCOCCOc1c(N)cc(Cl)cc1Br. The summed E-state index contributed by atoms with van der Waals surface area (Å²) in [5.74, 6) is 0.615. The van der Waals surface area contributed by atoms with E-state index in [1.165, 1.54) is 0 Å². The summed E-state index contributed by atoms with van der Waals surface area (Å²) in [6.45, 7) is 3.85. The Morgan fingerprint density at radius 2 is 2.06 bits per heavy atom. The Labute approximate surface area is 109 Å². The Bertz CT molecular complexity index is 324. The molecular formula is C11H15BrClNO2. The first kappa shape index (κ1) is 13.6. The number of hydrogen-bond acceptors (Lipinski definition) is 3. The van der Waals surface area contributed by atoms with Crippen LogP contribution < -0.4 is 10.5 Å². The van der Waals surface area contributed by atoms with Crippen molar-refractivity contribution in [2.24, 2.45) is 0 Å². The molecule has 16 heavy (non-hydrogen) atoms. The number of ether oxygens (including phenoxy) is 2. The van der Waals surface area contributed by atoms with Gasteiger partial charge in [-0.15, -0.1) is 0 Å². The fraction of sp³-hybridized carbons (Fsp3) is 0.455. The zero-order valence-corrected chi connectivity index (χ0v) is 11.5. The first-order valence-corrected chi connectivity index (χ1v) is 6.27. The Kier molecular flexibility index (Phi) is 5.95. The maximum absolute atomic E-state index is 5.83. The fourth-order valence-electron chi connectivity index (χ4n) is 1.18. The van der Waals surface area contributed by atoms with E-state index in [0.717, 1.165) is 17.5 Å². The molecular weight excluding hydrogens is 293 g/mol. The van der Waals surface area contributed by atoms with Crippen molar-refractivity contribution in [2.75, 3.05) is 25.6 Å². The molecule has 0 aliphatic heterocycles. The number of halogens is 2. The van der Waals surface area contributed by atoms with Gasteiger partial charge in [-0.05, 0) is 34.5 Å². The van der Waals surface area contributed by atoms with Crippen LogP contribution in [-0.2, 0) is 4.74 Å². The van der Waals surface area contributed by atoms with E-state index in [9.17, 15) is 0 Å². The first-order chi connectivity index (χ1) is 7.65. The van der Waals surface area contributed by atoms with Crippen molar-refractivity contribution >= 4 is 33.2 Å². The summed E-state index contributed by atoms with van der Waals surface area (Å²) >= 11 is 9.19. The average Bonchev–Trinajstić information content (AvgIpc) is 2.20. The van der Waals surface area contributed by atoms with Crippen molar-refractivity contribution < 1.29 is 9.47 Å². The lowest BCUT2D eigenvalue weighted by molar-refractivity contribution is 0.101. The minimum atomic E-state index is 0.477. The molecule has 0 heterocycles. The number of anilines is 1. The summed E-state index contributed by atoms with van der Waals surface area (Å²) < 4.78 is 11.6. The molecule has 0 aliphatic carbocycles. The normalized spacial score (nSPS) is 10.4. The van der Waals surface area contributed by atoms with Gasteiger partial charge in [0.1, 0.15) is 6.61 Å². The van der Waals surface area contributed by atoms with Crippen LogP contribution in [0.1, 0.15) is 13.3 Å². The maximum atomic E-state index is 5.83. The lowest BCUT2D eigenvalue weighted by Gasteiger charge is -2.11. The molecule has 1 aromatic rings. The van der Waals surface area contributed by atoms with E-state index in [-0.39, 0.29) is 0 Å². The summed E-state index contributed by atoms with van der Waals surface area (Å²) in [6.07, 6.45) is 1.01. The number of nitrogens with two attached hydrogens (primary N) is 1. The quantitative estimate of drug-likeness (QED) is 0.646. The second kappa shape index (κ2) is 6.99. The molecule has 1 rings (SSSR count). The van der Waals surface area contributed by atoms with Crippen molar-refractivity contribution in [3.05, 3.63) is 21.6 Å². The fourth-order valence-corrected chi connectivity index (χ4v) is 2.13. The van der Waals surface area contributed by atoms with Crippen LogP contribution >= 0.6 is 27.5 Å². The molecule has 0 saturated heterocycles. The molecule has 2 N–H and O–H groups in total. The van der Waals surface area contributed by atoms with Crippen LogP contribution in [-0.4, -0.2) is 19.8 Å².